The molecule has 84 valence electrons. The van der Waals surface area contributed by atoms with Crippen LogP contribution in [0.5, 0.6) is 0 Å². The number of hydrogen-bond donors (Lipinski definition) is 0. The summed E-state index contributed by atoms with van der Waals surface area (Å²) in [5.74, 6) is -2.28. The van der Waals surface area contributed by atoms with Crippen molar-refractivity contribution >= 4 is 17.4 Å². The van der Waals surface area contributed by atoms with Crippen molar-refractivity contribution in [2.24, 2.45) is 11.8 Å². The first kappa shape index (κ1) is 12.7. The first-order chi connectivity index (χ1) is 7.49. The van der Waals surface area contributed by atoms with Gasteiger partial charge in [0.2, 0.25) is 0 Å². The quantitative estimate of drug-likeness (QED) is 0.758. The molecule has 1 aromatic carbocycles. The number of benzene rings is 1. The molecule has 0 fully saturated rings. The Kier molecular flexibility index (Phi) is 4.03. The van der Waals surface area contributed by atoms with Gasteiger partial charge in [-0.25, -0.2) is 4.39 Å². The molecular formula is C12H11ClFNO. The van der Waals surface area contributed by atoms with Crippen molar-refractivity contribution in [3.05, 3.63) is 34.6 Å². The molecule has 1 unspecified atom stereocenters. The number of ketones is 1. The maximum absolute atomic E-state index is 13.4. The maximum atomic E-state index is 13.4. The first-order valence-corrected chi connectivity index (χ1v) is 5.24. The lowest BCUT2D eigenvalue weighted by atomic mass is 9.89. The molecule has 4 heteroatoms. The molecule has 16 heavy (non-hydrogen) atoms. The predicted octanol–water partition coefficient (Wildman–Crippen LogP) is 3.46. The summed E-state index contributed by atoms with van der Waals surface area (Å²) in [6, 6.07) is 5.90. The summed E-state index contributed by atoms with van der Waals surface area (Å²) in [6.45, 7) is 3.47. The Morgan fingerprint density at radius 1 is 1.50 bits per heavy atom. The average Bonchev–Trinajstić information content (AvgIpc) is 2.17. The Morgan fingerprint density at radius 3 is 2.56 bits per heavy atom. The Bertz CT molecular complexity index is 431. The van der Waals surface area contributed by atoms with E-state index in [1.165, 1.54) is 12.1 Å². The van der Waals surface area contributed by atoms with Gasteiger partial charge in [-0.1, -0.05) is 31.5 Å². The largest absolute Gasteiger partial charge is 0.293 e. The fraction of sp³-hybridized carbons (Fsp3) is 0.333. The Hall–Kier alpha value is -1.40. The number of Topliss-reactive ketones (excluding diaryl/α,β-unsaturated/α-hetero) is 1. The Morgan fingerprint density at radius 2 is 2.12 bits per heavy atom. The summed E-state index contributed by atoms with van der Waals surface area (Å²) in [6.07, 6.45) is 0. The first-order valence-electron chi connectivity index (χ1n) is 4.87. The van der Waals surface area contributed by atoms with Crippen molar-refractivity contribution in [2.75, 3.05) is 0 Å². The van der Waals surface area contributed by atoms with Gasteiger partial charge in [-0.05, 0) is 18.1 Å². The lowest BCUT2D eigenvalue weighted by Crippen LogP contribution is -2.20. The van der Waals surface area contributed by atoms with Crippen LogP contribution in [0, 0.1) is 29.0 Å². The number of rotatable bonds is 3. The van der Waals surface area contributed by atoms with Gasteiger partial charge in [0.1, 0.15) is 11.7 Å². The van der Waals surface area contributed by atoms with Crippen LogP contribution in [0.2, 0.25) is 5.02 Å². The number of hydrogen-bond acceptors (Lipinski definition) is 2. The number of nitrogens with zero attached hydrogens (tertiary/aromatic N) is 1. The summed E-state index contributed by atoms with van der Waals surface area (Å²) in [5.41, 5.74) is -0.190. The van der Waals surface area contributed by atoms with Crippen molar-refractivity contribution < 1.29 is 9.18 Å². The second-order valence-corrected chi connectivity index (χ2v) is 4.22. The molecule has 0 spiro atoms. The van der Waals surface area contributed by atoms with E-state index in [4.69, 9.17) is 16.9 Å². The minimum Gasteiger partial charge on any atom is -0.293 e. The minimum atomic E-state index is -0.866. The van der Waals surface area contributed by atoms with Gasteiger partial charge in [-0.2, -0.15) is 5.26 Å². The second kappa shape index (κ2) is 5.09. The number of carbonyl (C=O) groups is 1. The number of carbonyl (C=O) groups excluding carboxylic acids is 1. The summed E-state index contributed by atoms with van der Waals surface area (Å²) in [4.78, 5) is 11.9. The van der Waals surface area contributed by atoms with Crippen LogP contribution in [-0.2, 0) is 0 Å². The van der Waals surface area contributed by atoms with Crippen LogP contribution in [0.25, 0.3) is 0 Å². The van der Waals surface area contributed by atoms with Crippen LogP contribution < -0.4 is 0 Å². The molecule has 0 aromatic heterocycles. The van der Waals surface area contributed by atoms with E-state index in [1.54, 1.807) is 13.8 Å². The Balaban J connectivity index is 3.20. The monoisotopic (exact) mass is 239 g/mol. The van der Waals surface area contributed by atoms with Gasteiger partial charge < -0.3 is 0 Å². The van der Waals surface area contributed by atoms with Crippen molar-refractivity contribution in [3.63, 3.8) is 0 Å². The molecule has 0 saturated carbocycles. The third kappa shape index (κ3) is 2.40. The summed E-state index contributed by atoms with van der Waals surface area (Å²) < 4.78 is 13.4. The maximum Gasteiger partial charge on any atom is 0.184 e. The fourth-order valence-electron chi connectivity index (χ4n) is 1.40. The molecule has 0 aliphatic heterocycles. The van der Waals surface area contributed by atoms with E-state index in [0.29, 0.717) is 0 Å². The topological polar surface area (TPSA) is 40.9 Å². The molecule has 1 aromatic rings. The molecule has 0 radical (unpaired) electrons. The zero-order valence-corrected chi connectivity index (χ0v) is 9.75. The van der Waals surface area contributed by atoms with Gasteiger partial charge in [-0.15, -0.1) is 0 Å². The lowest BCUT2D eigenvalue weighted by molar-refractivity contribution is 0.0920. The predicted molar refractivity (Wildman–Crippen MR) is 59.7 cm³/mol. The van der Waals surface area contributed by atoms with E-state index in [0.717, 1.165) is 6.07 Å². The zero-order chi connectivity index (χ0) is 12.3. The van der Waals surface area contributed by atoms with E-state index >= 15 is 0 Å². The van der Waals surface area contributed by atoms with Crippen LogP contribution >= 0.6 is 11.6 Å². The molecule has 0 saturated heterocycles. The van der Waals surface area contributed by atoms with Crippen LogP contribution in [0.15, 0.2) is 18.2 Å². The molecule has 0 amide bonds. The molecule has 0 aliphatic rings. The molecule has 1 atom stereocenters. The van der Waals surface area contributed by atoms with Gasteiger partial charge in [0, 0.05) is 0 Å². The third-order valence-electron chi connectivity index (χ3n) is 2.30. The van der Waals surface area contributed by atoms with Crippen molar-refractivity contribution in [1.29, 1.82) is 5.26 Å². The van der Waals surface area contributed by atoms with Crippen molar-refractivity contribution in [3.8, 4) is 6.07 Å². The second-order valence-electron chi connectivity index (χ2n) is 3.81. The molecule has 2 nitrogen and oxygen atoms in total. The van der Waals surface area contributed by atoms with Gasteiger partial charge in [-0.3, -0.25) is 4.79 Å². The lowest BCUT2D eigenvalue weighted by Gasteiger charge is -2.12. The Labute approximate surface area is 98.6 Å². The molecule has 0 heterocycles. The van der Waals surface area contributed by atoms with E-state index in [1.807, 2.05) is 6.07 Å². The highest BCUT2D eigenvalue weighted by Gasteiger charge is 2.27. The molecule has 0 N–H and O–H groups in total. The average molecular weight is 240 g/mol. The molecular weight excluding hydrogens is 229 g/mol. The molecule has 0 aliphatic carbocycles. The van der Waals surface area contributed by atoms with E-state index in [9.17, 15) is 9.18 Å². The van der Waals surface area contributed by atoms with Crippen LogP contribution in [0.4, 0.5) is 4.39 Å². The van der Waals surface area contributed by atoms with Gasteiger partial charge in [0.15, 0.2) is 5.78 Å². The van der Waals surface area contributed by atoms with Gasteiger partial charge >= 0.3 is 0 Å². The normalized spacial score (nSPS) is 12.2. The zero-order valence-electron chi connectivity index (χ0n) is 9.00. The fourth-order valence-corrected chi connectivity index (χ4v) is 1.66. The van der Waals surface area contributed by atoms with E-state index in [2.05, 4.69) is 0 Å². The highest BCUT2D eigenvalue weighted by molar-refractivity contribution is 6.34. The van der Waals surface area contributed by atoms with E-state index < -0.39 is 17.5 Å². The van der Waals surface area contributed by atoms with Crippen molar-refractivity contribution in [2.45, 2.75) is 13.8 Å². The van der Waals surface area contributed by atoms with Crippen LogP contribution in [0.3, 0.4) is 0 Å². The summed E-state index contributed by atoms with van der Waals surface area (Å²) >= 11 is 5.76. The minimum absolute atomic E-state index is 0.0471. The number of halogens is 2. The van der Waals surface area contributed by atoms with Gasteiger partial charge in [0.25, 0.3) is 0 Å². The SMILES string of the molecule is CC(C)C(C#N)C(=O)c1c(F)cccc1Cl. The standard InChI is InChI=1S/C12H11ClFNO/c1-7(2)8(6-15)12(16)11-9(13)4-3-5-10(11)14/h3-5,7-8H,1-2H3. The molecule has 1 rings (SSSR count). The molecule has 0 bridgehead atoms. The highest BCUT2D eigenvalue weighted by atomic mass is 35.5. The van der Waals surface area contributed by atoms with Crippen molar-refractivity contribution in [1.82, 2.24) is 0 Å². The van der Waals surface area contributed by atoms with Crippen LogP contribution in [0.1, 0.15) is 24.2 Å². The van der Waals surface area contributed by atoms with Crippen LogP contribution in [-0.4, -0.2) is 5.78 Å². The third-order valence-corrected chi connectivity index (χ3v) is 2.61. The summed E-state index contributed by atoms with van der Waals surface area (Å²) in [5, 5.41) is 8.92. The highest BCUT2D eigenvalue weighted by Crippen LogP contribution is 2.25. The smallest absolute Gasteiger partial charge is 0.184 e. The van der Waals surface area contributed by atoms with Gasteiger partial charge in [0.05, 0.1) is 16.7 Å². The summed E-state index contributed by atoms with van der Waals surface area (Å²) in [7, 11) is 0. The van der Waals surface area contributed by atoms with E-state index in [-0.39, 0.29) is 16.5 Å². The number of nitriles is 1.